The van der Waals surface area contributed by atoms with E-state index in [0.29, 0.717) is 35.3 Å². The Balaban J connectivity index is 1.49. The van der Waals surface area contributed by atoms with E-state index in [9.17, 15) is 4.79 Å². The molecule has 2 aliphatic rings. The quantitative estimate of drug-likeness (QED) is 0.891. The summed E-state index contributed by atoms with van der Waals surface area (Å²) in [6.07, 6.45) is 4.29. The third-order valence-electron chi connectivity index (χ3n) is 4.46. The summed E-state index contributed by atoms with van der Waals surface area (Å²) in [5.74, 6) is 1.64. The summed E-state index contributed by atoms with van der Waals surface area (Å²) in [5.41, 5.74) is 2.66. The zero-order chi connectivity index (χ0) is 17.4. The standard InChI is InChI=1S/C18H18ClN3O3/c1-10-20-9-12-6-13(2-3-15(12)21-10)22-18(23)11-7-14(19)17-16(8-11)24-4-5-25-17/h7-9,13H,2-6H2,1H3,(H,22,23)/t13-/m0/s1. The lowest BCUT2D eigenvalue weighted by Crippen LogP contribution is -2.39. The van der Waals surface area contributed by atoms with Crippen LogP contribution in [0.25, 0.3) is 0 Å². The van der Waals surface area contributed by atoms with Gasteiger partial charge in [0.05, 0.1) is 5.02 Å². The summed E-state index contributed by atoms with van der Waals surface area (Å²) >= 11 is 6.21. The number of hydrogen-bond donors (Lipinski definition) is 1. The Morgan fingerprint density at radius 2 is 2.16 bits per heavy atom. The summed E-state index contributed by atoms with van der Waals surface area (Å²) < 4.78 is 11.0. The first-order chi connectivity index (χ1) is 12.1. The molecule has 1 N–H and O–H groups in total. The van der Waals surface area contributed by atoms with Gasteiger partial charge in [-0.3, -0.25) is 4.79 Å². The van der Waals surface area contributed by atoms with Crippen molar-refractivity contribution >= 4 is 17.5 Å². The van der Waals surface area contributed by atoms with Crippen LogP contribution in [-0.4, -0.2) is 35.1 Å². The molecule has 6 nitrogen and oxygen atoms in total. The van der Waals surface area contributed by atoms with Crippen molar-refractivity contribution in [1.29, 1.82) is 0 Å². The van der Waals surface area contributed by atoms with Gasteiger partial charge in [-0.15, -0.1) is 0 Å². The Hall–Kier alpha value is -2.34. The zero-order valence-electron chi connectivity index (χ0n) is 13.8. The molecular formula is C18H18ClN3O3. The van der Waals surface area contributed by atoms with E-state index in [1.165, 1.54) is 0 Å². The van der Waals surface area contributed by atoms with Crippen LogP contribution in [0.4, 0.5) is 0 Å². The highest BCUT2D eigenvalue weighted by Crippen LogP contribution is 2.38. The van der Waals surface area contributed by atoms with Crippen molar-refractivity contribution in [1.82, 2.24) is 15.3 Å². The molecule has 25 heavy (non-hydrogen) atoms. The van der Waals surface area contributed by atoms with Gasteiger partial charge in [-0.25, -0.2) is 9.97 Å². The average molecular weight is 360 g/mol. The van der Waals surface area contributed by atoms with E-state index in [2.05, 4.69) is 15.3 Å². The van der Waals surface area contributed by atoms with E-state index in [1.54, 1.807) is 12.1 Å². The second-order valence-corrected chi connectivity index (χ2v) is 6.69. The molecule has 1 aliphatic heterocycles. The lowest BCUT2D eigenvalue weighted by atomic mass is 9.92. The van der Waals surface area contributed by atoms with E-state index in [4.69, 9.17) is 21.1 Å². The van der Waals surface area contributed by atoms with Crippen molar-refractivity contribution in [3.63, 3.8) is 0 Å². The minimum Gasteiger partial charge on any atom is -0.486 e. The molecule has 0 fully saturated rings. The molecule has 0 saturated heterocycles. The predicted octanol–water partition coefficient (Wildman–Crippen LogP) is 2.50. The van der Waals surface area contributed by atoms with Gasteiger partial charge in [0.1, 0.15) is 19.0 Å². The Bertz CT molecular complexity index is 841. The summed E-state index contributed by atoms with van der Waals surface area (Å²) in [4.78, 5) is 21.3. The molecule has 1 amide bonds. The zero-order valence-corrected chi connectivity index (χ0v) is 14.6. The number of fused-ring (bicyclic) bond motifs is 2. The lowest BCUT2D eigenvalue weighted by Gasteiger charge is -2.25. The topological polar surface area (TPSA) is 73.3 Å². The van der Waals surface area contributed by atoms with Crippen molar-refractivity contribution in [2.45, 2.75) is 32.2 Å². The van der Waals surface area contributed by atoms with Gasteiger partial charge in [-0.1, -0.05) is 11.6 Å². The number of nitrogens with zero attached hydrogens (tertiary/aromatic N) is 2. The fourth-order valence-electron chi connectivity index (χ4n) is 3.24. The predicted molar refractivity (Wildman–Crippen MR) is 92.5 cm³/mol. The number of benzene rings is 1. The van der Waals surface area contributed by atoms with Gasteiger partial charge in [0, 0.05) is 23.5 Å². The Morgan fingerprint density at radius 3 is 3.04 bits per heavy atom. The molecule has 130 valence electrons. The largest absolute Gasteiger partial charge is 0.486 e. The molecule has 1 atom stereocenters. The van der Waals surface area contributed by atoms with Gasteiger partial charge >= 0.3 is 0 Å². The summed E-state index contributed by atoms with van der Waals surface area (Å²) in [6.45, 7) is 2.80. The molecule has 0 spiro atoms. The van der Waals surface area contributed by atoms with Crippen LogP contribution in [0.15, 0.2) is 18.3 Å². The van der Waals surface area contributed by atoms with Crippen LogP contribution in [0.1, 0.15) is 33.9 Å². The van der Waals surface area contributed by atoms with Crippen LogP contribution in [0.5, 0.6) is 11.5 Å². The van der Waals surface area contributed by atoms with Gasteiger partial charge in [-0.05, 0) is 43.9 Å². The lowest BCUT2D eigenvalue weighted by molar-refractivity contribution is 0.0932. The Morgan fingerprint density at radius 1 is 1.32 bits per heavy atom. The molecule has 7 heteroatoms. The van der Waals surface area contributed by atoms with Gasteiger partial charge in [0.25, 0.3) is 5.91 Å². The van der Waals surface area contributed by atoms with Crippen LogP contribution in [0.3, 0.4) is 0 Å². The highest BCUT2D eigenvalue weighted by atomic mass is 35.5. The summed E-state index contributed by atoms with van der Waals surface area (Å²) in [6, 6.07) is 3.35. The first kappa shape index (κ1) is 16.1. The Kier molecular flexibility index (Phi) is 4.21. The highest BCUT2D eigenvalue weighted by molar-refractivity contribution is 6.32. The molecule has 0 saturated carbocycles. The van der Waals surface area contributed by atoms with Gasteiger partial charge in [0.15, 0.2) is 11.5 Å². The number of carbonyl (C=O) groups is 1. The van der Waals surface area contributed by atoms with E-state index >= 15 is 0 Å². The third kappa shape index (κ3) is 3.26. The maximum absolute atomic E-state index is 12.6. The minimum absolute atomic E-state index is 0.0540. The highest BCUT2D eigenvalue weighted by Gasteiger charge is 2.24. The SMILES string of the molecule is Cc1ncc2c(n1)CC[C@H](NC(=O)c1cc(Cl)c3c(c1)OCCO3)C2. The summed E-state index contributed by atoms with van der Waals surface area (Å²) in [7, 11) is 0. The molecular weight excluding hydrogens is 342 g/mol. The number of aromatic nitrogens is 2. The number of nitrogens with one attached hydrogen (secondary N) is 1. The van der Waals surface area contributed by atoms with Gasteiger partial charge in [0.2, 0.25) is 0 Å². The van der Waals surface area contributed by atoms with E-state index in [0.717, 1.165) is 36.3 Å². The fraction of sp³-hybridized carbons (Fsp3) is 0.389. The normalized spacial score (nSPS) is 18.4. The fourth-order valence-corrected chi connectivity index (χ4v) is 3.51. The molecule has 0 unspecified atom stereocenters. The van der Waals surface area contributed by atoms with Crippen LogP contribution >= 0.6 is 11.6 Å². The number of hydrogen-bond acceptors (Lipinski definition) is 5. The van der Waals surface area contributed by atoms with E-state index in [1.807, 2.05) is 13.1 Å². The monoisotopic (exact) mass is 359 g/mol. The van der Waals surface area contributed by atoms with Crippen molar-refractivity contribution in [2.24, 2.45) is 0 Å². The second-order valence-electron chi connectivity index (χ2n) is 6.28. The number of aryl methyl sites for hydroxylation is 2. The van der Waals surface area contributed by atoms with Crippen molar-refractivity contribution in [2.75, 3.05) is 13.2 Å². The Labute approximate surface area is 150 Å². The van der Waals surface area contributed by atoms with Crippen LogP contribution in [-0.2, 0) is 12.8 Å². The molecule has 0 bridgehead atoms. The van der Waals surface area contributed by atoms with Crippen LogP contribution in [0, 0.1) is 6.92 Å². The molecule has 0 radical (unpaired) electrons. The van der Waals surface area contributed by atoms with Crippen molar-refractivity contribution < 1.29 is 14.3 Å². The van der Waals surface area contributed by atoms with Gasteiger partial charge in [-0.2, -0.15) is 0 Å². The minimum atomic E-state index is -0.166. The number of halogens is 1. The first-order valence-corrected chi connectivity index (χ1v) is 8.69. The third-order valence-corrected chi connectivity index (χ3v) is 4.75. The number of ether oxygens (including phenoxy) is 2. The van der Waals surface area contributed by atoms with Crippen molar-refractivity contribution in [3.8, 4) is 11.5 Å². The summed E-state index contributed by atoms with van der Waals surface area (Å²) in [5, 5.41) is 3.46. The molecule has 2 heterocycles. The van der Waals surface area contributed by atoms with Crippen LogP contribution < -0.4 is 14.8 Å². The van der Waals surface area contributed by atoms with Crippen LogP contribution in [0.2, 0.25) is 5.02 Å². The number of carbonyl (C=O) groups excluding carboxylic acids is 1. The number of rotatable bonds is 2. The maximum Gasteiger partial charge on any atom is 0.251 e. The molecule has 1 aromatic carbocycles. The van der Waals surface area contributed by atoms with E-state index < -0.39 is 0 Å². The van der Waals surface area contributed by atoms with E-state index in [-0.39, 0.29) is 11.9 Å². The second kappa shape index (κ2) is 6.52. The molecule has 4 rings (SSSR count). The smallest absolute Gasteiger partial charge is 0.251 e. The average Bonchev–Trinajstić information content (AvgIpc) is 2.62. The maximum atomic E-state index is 12.6. The molecule has 1 aromatic heterocycles. The first-order valence-electron chi connectivity index (χ1n) is 8.31. The van der Waals surface area contributed by atoms with Gasteiger partial charge < -0.3 is 14.8 Å². The number of amides is 1. The molecule has 2 aromatic rings. The van der Waals surface area contributed by atoms with Crippen molar-refractivity contribution in [3.05, 3.63) is 46.0 Å². The molecule has 1 aliphatic carbocycles.